The summed E-state index contributed by atoms with van der Waals surface area (Å²) in [5.41, 5.74) is -0.848. The number of hydrogen-bond donors (Lipinski definition) is 2. The molecule has 4 saturated carbocycles. The fourth-order valence-corrected chi connectivity index (χ4v) is 5.94. The van der Waals surface area contributed by atoms with Gasteiger partial charge in [-0.25, -0.2) is 0 Å². The number of carbonyl (C=O) groups excluding carboxylic acids is 2. The van der Waals surface area contributed by atoms with E-state index >= 15 is 0 Å². The van der Waals surface area contributed by atoms with Gasteiger partial charge < -0.3 is 19.9 Å². The Morgan fingerprint density at radius 3 is 2.56 bits per heavy atom. The Hall–Kier alpha value is -1.79. The summed E-state index contributed by atoms with van der Waals surface area (Å²) in [4.78, 5) is 24.9. The monoisotopic (exact) mass is 393 g/mol. The van der Waals surface area contributed by atoms with Crippen LogP contribution in [0, 0.1) is 17.3 Å². The third kappa shape index (κ3) is 3.52. The normalized spacial score (nSPS) is 33.6. The van der Waals surface area contributed by atoms with Crippen LogP contribution in [-0.2, 0) is 14.3 Å². The zero-order valence-electron chi connectivity index (χ0n) is 15.3. The molecule has 7 heteroatoms. The molecule has 4 aliphatic rings. The van der Waals surface area contributed by atoms with Crippen molar-refractivity contribution in [2.24, 2.45) is 17.3 Å². The van der Waals surface area contributed by atoms with Crippen LogP contribution in [0.4, 0.5) is 5.69 Å². The third-order valence-corrected chi connectivity index (χ3v) is 6.53. The van der Waals surface area contributed by atoms with Crippen molar-refractivity contribution in [2.45, 2.75) is 44.1 Å². The second kappa shape index (κ2) is 6.67. The Morgan fingerprint density at radius 2 is 1.96 bits per heavy atom. The molecule has 0 radical (unpaired) electrons. The third-order valence-electron chi connectivity index (χ3n) is 6.23. The number of carbonyl (C=O) groups is 2. The number of methoxy groups -OCH3 is 1. The molecule has 0 spiro atoms. The van der Waals surface area contributed by atoms with E-state index in [0.29, 0.717) is 34.7 Å². The first-order valence-corrected chi connectivity index (χ1v) is 9.72. The van der Waals surface area contributed by atoms with Gasteiger partial charge in [-0.15, -0.1) is 0 Å². The minimum absolute atomic E-state index is 0.349. The number of halogens is 1. The van der Waals surface area contributed by atoms with E-state index in [1.807, 2.05) is 0 Å². The Morgan fingerprint density at radius 1 is 1.26 bits per heavy atom. The van der Waals surface area contributed by atoms with E-state index in [9.17, 15) is 14.7 Å². The molecule has 1 amide bonds. The van der Waals surface area contributed by atoms with Crippen LogP contribution in [0.25, 0.3) is 0 Å². The summed E-state index contributed by atoms with van der Waals surface area (Å²) in [6.45, 7) is -0.349. The van der Waals surface area contributed by atoms with Gasteiger partial charge in [0.15, 0.2) is 6.61 Å². The van der Waals surface area contributed by atoms with Gasteiger partial charge in [0.1, 0.15) is 5.75 Å². The first-order chi connectivity index (χ1) is 12.8. The first kappa shape index (κ1) is 18.6. The van der Waals surface area contributed by atoms with Crippen molar-refractivity contribution in [1.82, 2.24) is 0 Å². The van der Waals surface area contributed by atoms with Crippen molar-refractivity contribution in [3.8, 4) is 5.75 Å². The van der Waals surface area contributed by atoms with Crippen LogP contribution in [0.3, 0.4) is 0 Å². The molecule has 2 atom stereocenters. The molecule has 2 N–H and O–H groups in total. The number of anilines is 1. The van der Waals surface area contributed by atoms with Gasteiger partial charge in [0, 0.05) is 5.69 Å². The Labute approximate surface area is 163 Å². The summed E-state index contributed by atoms with van der Waals surface area (Å²) in [6, 6.07) is 4.90. The van der Waals surface area contributed by atoms with E-state index < -0.39 is 16.9 Å². The van der Waals surface area contributed by atoms with E-state index in [2.05, 4.69) is 5.32 Å². The fraction of sp³-hybridized carbons (Fsp3) is 0.600. The van der Waals surface area contributed by atoms with Crippen LogP contribution in [0.2, 0.25) is 5.02 Å². The second-order valence-electron chi connectivity index (χ2n) is 8.44. The SMILES string of the molecule is COc1ccc(NC(=O)COC(=O)C23C[C@H]4C[C@@H](CC(O)(C4)C2)C3)cc1Cl. The van der Waals surface area contributed by atoms with E-state index in [1.54, 1.807) is 18.2 Å². The fourth-order valence-electron chi connectivity index (χ4n) is 5.68. The molecule has 0 heterocycles. The number of hydrogen-bond acceptors (Lipinski definition) is 5. The number of aliphatic hydroxyl groups is 1. The lowest BCUT2D eigenvalue weighted by atomic mass is 9.48. The molecule has 1 aromatic carbocycles. The maximum Gasteiger partial charge on any atom is 0.312 e. The molecule has 4 fully saturated rings. The van der Waals surface area contributed by atoms with E-state index in [0.717, 1.165) is 32.1 Å². The summed E-state index contributed by atoms with van der Waals surface area (Å²) in [5.74, 6) is 0.518. The van der Waals surface area contributed by atoms with Gasteiger partial charge in [-0.2, -0.15) is 0 Å². The number of rotatable bonds is 5. The predicted molar refractivity (Wildman–Crippen MR) is 99.7 cm³/mol. The molecule has 146 valence electrons. The average Bonchev–Trinajstić information content (AvgIpc) is 2.57. The lowest BCUT2D eigenvalue weighted by molar-refractivity contribution is -0.196. The highest BCUT2D eigenvalue weighted by Crippen LogP contribution is 2.61. The van der Waals surface area contributed by atoms with Crippen molar-refractivity contribution in [2.75, 3.05) is 19.0 Å². The molecule has 5 rings (SSSR count). The average molecular weight is 394 g/mol. The number of esters is 1. The van der Waals surface area contributed by atoms with Gasteiger partial charge in [-0.3, -0.25) is 9.59 Å². The van der Waals surface area contributed by atoms with E-state index in [-0.39, 0.29) is 12.6 Å². The van der Waals surface area contributed by atoms with Crippen LogP contribution < -0.4 is 10.1 Å². The molecule has 0 saturated heterocycles. The molecule has 4 aliphatic carbocycles. The van der Waals surface area contributed by atoms with Crippen LogP contribution in [0.15, 0.2) is 18.2 Å². The van der Waals surface area contributed by atoms with E-state index in [1.165, 1.54) is 7.11 Å². The summed E-state index contributed by atoms with van der Waals surface area (Å²) >= 11 is 6.04. The van der Waals surface area contributed by atoms with Gasteiger partial charge in [0.25, 0.3) is 5.91 Å². The lowest BCUT2D eigenvalue weighted by Crippen LogP contribution is -2.58. The van der Waals surface area contributed by atoms with Crippen LogP contribution in [0.5, 0.6) is 5.75 Å². The molecular weight excluding hydrogens is 370 g/mol. The Balaban J connectivity index is 1.35. The van der Waals surface area contributed by atoms with Gasteiger partial charge in [0.2, 0.25) is 0 Å². The summed E-state index contributed by atoms with van der Waals surface area (Å²) in [6.07, 6.45) is 4.66. The topological polar surface area (TPSA) is 84.9 Å². The highest BCUT2D eigenvalue weighted by atomic mass is 35.5. The maximum absolute atomic E-state index is 12.8. The van der Waals surface area contributed by atoms with Crippen LogP contribution >= 0.6 is 11.6 Å². The van der Waals surface area contributed by atoms with Gasteiger partial charge in [-0.1, -0.05) is 11.6 Å². The highest BCUT2D eigenvalue weighted by molar-refractivity contribution is 6.32. The summed E-state index contributed by atoms with van der Waals surface area (Å²) < 4.78 is 10.4. The number of benzene rings is 1. The number of amides is 1. The quantitative estimate of drug-likeness (QED) is 0.750. The van der Waals surface area contributed by atoms with Gasteiger partial charge in [0.05, 0.1) is 23.1 Å². The van der Waals surface area contributed by atoms with Gasteiger partial charge in [-0.05, 0) is 68.6 Å². The molecule has 4 bridgehead atoms. The van der Waals surface area contributed by atoms with Crippen molar-refractivity contribution < 1.29 is 24.2 Å². The van der Waals surface area contributed by atoms with Crippen LogP contribution in [0.1, 0.15) is 38.5 Å². The van der Waals surface area contributed by atoms with Crippen molar-refractivity contribution in [3.05, 3.63) is 23.2 Å². The highest BCUT2D eigenvalue weighted by Gasteiger charge is 2.60. The van der Waals surface area contributed by atoms with Crippen molar-refractivity contribution in [1.29, 1.82) is 0 Å². The smallest absolute Gasteiger partial charge is 0.312 e. The largest absolute Gasteiger partial charge is 0.495 e. The zero-order chi connectivity index (χ0) is 19.2. The minimum Gasteiger partial charge on any atom is -0.495 e. The molecule has 1 aromatic rings. The molecule has 0 aliphatic heterocycles. The maximum atomic E-state index is 12.8. The molecule has 0 unspecified atom stereocenters. The van der Waals surface area contributed by atoms with Crippen LogP contribution in [-0.4, -0.2) is 36.3 Å². The summed E-state index contributed by atoms with van der Waals surface area (Å²) in [7, 11) is 1.51. The van der Waals surface area contributed by atoms with Crippen molar-refractivity contribution >= 4 is 29.2 Å². The van der Waals surface area contributed by atoms with Crippen molar-refractivity contribution in [3.63, 3.8) is 0 Å². The standard InChI is InChI=1S/C20H24ClNO5/c1-26-16-3-2-14(5-15(16)21)22-17(23)10-27-18(24)19-6-12-4-13(7-19)9-20(25,8-12)11-19/h2-3,5,12-13,25H,4,6-11H2,1H3,(H,22,23)/t12-,13-,19?,20?/m1/s1. The van der Waals surface area contributed by atoms with E-state index in [4.69, 9.17) is 21.1 Å². The minimum atomic E-state index is -0.731. The molecule has 0 aromatic heterocycles. The second-order valence-corrected chi connectivity index (χ2v) is 8.85. The summed E-state index contributed by atoms with van der Waals surface area (Å²) in [5, 5.41) is 13.8. The zero-order valence-corrected chi connectivity index (χ0v) is 16.1. The Bertz CT molecular complexity index is 766. The molecule has 27 heavy (non-hydrogen) atoms. The molecule has 6 nitrogen and oxygen atoms in total. The van der Waals surface area contributed by atoms with Gasteiger partial charge >= 0.3 is 5.97 Å². The number of ether oxygens (including phenoxy) is 2. The lowest BCUT2D eigenvalue weighted by Gasteiger charge is -2.58. The predicted octanol–water partition coefficient (Wildman–Crippen LogP) is 3.16. The first-order valence-electron chi connectivity index (χ1n) is 9.34. The number of nitrogens with one attached hydrogen (secondary N) is 1. The Kier molecular flexibility index (Phi) is 4.59. The molecular formula is C20H24ClNO5.